The zero-order valence-corrected chi connectivity index (χ0v) is 22.9. The van der Waals surface area contributed by atoms with Gasteiger partial charge in [0, 0.05) is 29.8 Å². The molecule has 7 nitrogen and oxygen atoms in total. The van der Waals surface area contributed by atoms with E-state index in [9.17, 15) is 9.59 Å². The number of hydrogen-bond acceptors (Lipinski definition) is 6. The van der Waals surface area contributed by atoms with Crippen LogP contribution in [0.2, 0.25) is 0 Å². The Balaban J connectivity index is 1.23. The summed E-state index contributed by atoms with van der Waals surface area (Å²) in [5, 5.41) is 3.83. The van der Waals surface area contributed by atoms with E-state index < -0.39 is 5.60 Å². The number of aromatic nitrogens is 1. The van der Waals surface area contributed by atoms with Crippen molar-refractivity contribution in [3.05, 3.63) is 88.6 Å². The molecule has 7 heteroatoms. The van der Waals surface area contributed by atoms with Crippen molar-refractivity contribution >= 4 is 28.5 Å². The van der Waals surface area contributed by atoms with E-state index in [2.05, 4.69) is 10.3 Å². The van der Waals surface area contributed by atoms with Crippen molar-refractivity contribution in [2.45, 2.75) is 53.1 Å². The van der Waals surface area contributed by atoms with Crippen LogP contribution in [-0.4, -0.2) is 29.1 Å². The average Bonchev–Trinajstić information content (AvgIpc) is 2.93. The number of esters is 1. The highest BCUT2D eigenvalue weighted by Crippen LogP contribution is 2.44. The number of nitrogens with zero attached hydrogens (tertiary/aromatic N) is 1. The van der Waals surface area contributed by atoms with Crippen LogP contribution in [0.25, 0.3) is 10.9 Å². The standard InChI is InChI=1S/C32H32N2O5/c1-19-20(2)30-27(21(3)29(19)38-22(4)35)14-15-32(5,39-30)18-37-26-12-10-25(11-13-26)34-31(36)24-16-23-8-6-7-9-28(23)33-17-24/h6-13,16-17H,14-15,18H2,1-5H3,(H,34,36). The van der Waals surface area contributed by atoms with Crippen molar-refractivity contribution in [1.82, 2.24) is 4.98 Å². The Hall–Kier alpha value is -4.39. The lowest BCUT2D eigenvalue weighted by Crippen LogP contribution is -2.42. The number of rotatable bonds is 6. The molecule has 1 aliphatic heterocycles. The average molecular weight is 525 g/mol. The molecule has 1 aliphatic rings. The molecule has 0 spiro atoms. The lowest BCUT2D eigenvalue weighted by Gasteiger charge is -2.37. The maximum atomic E-state index is 12.7. The molecule has 2 heterocycles. The number of benzene rings is 3. The van der Waals surface area contributed by atoms with Gasteiger partial charge in [0.25, 0.3) is 5.91 Å². The molecule has 0 saturated carbocycles. The summed E-state index contributed by atoms with van der Waals surface area (Å²) in [6.45, 7) is 9.75. The minimum Gasteiger partial charge on any atom is -0.489 e. The molecule has 1 amide bonds. The third kappa shape index (κ3) is 5.43. The second kappa shape index (κ2) is 10.4. The van der Waals surface area contributed by atoms with Gasteiger partial charge in [-0.3, -0.25) is 14.6 Å². The van der Waals surface area contributed by atoms with Crippen molar-refractivity contribution in [2.24, 2.45) is 0 Å². The zero-order valence-electron chi connectivity index (χ0n) is 22.9. The highest BCUT2D eigenvalue weighted by Gasteiger charge is 2.35. The third-order valence-corrected chi connectivity index (χ3v) is 7.32. The number of amides is 1. The molecule has 5 rings (SSSR count). The zero-order chi connectivity index (χ0) is 27.7. The monoisotopic (exact) mass is 524 g/mol. The topological polar surface area (TPSA) is 86.8 Å². The lowest BCUT2D eigenvalue weighted by atomic mass is 9.87. The smallest absolute Gasteiger partial charge is 0.308 e. The fourth-order valence-electron chi connectivity index (χ4n) is 4.95. The Morgan fingerprint density at radius 3 is 2.51 bits per heavy atom. The van der Waals surface area contributed by atoms with Crippen molar-refractivity contribution in [3.8, 4) is 17.2 Å². The maximum absolute atomic E-state index is 12.7. The molecule has 39 heavy (non-hydrogen) atoms. The van der Waals surface area contributed by atoms with E-state index in [-0.39, 0.29) is 11.9 Å². The van der Waals surface area contributed by atoms with Gasteiger partial charge in [-0.15, -0.1) is 0 Å². The summed E-state index contributed by atoms with van der Waals surface area (Å²) in [6.07, 6.45) is 3.14. The van der Waals surface area contributed by atoms with Gasteiger partial charge in [0.15, 0.2) is 0 Å². The number of carbonyl (C=O) groups excluding carboxylic acids is 2. The number of carbonyl (C=O) groups is 2. The summed E-state index contributed by atoms with van der Waals surface area (Å²) in [4.78, 5) is 28.7. The molecule has 0 fully saturated rings. The number of anilines is 1. The fraction of sp³-hybridized carbons (Fsp3) is 0.281. The molecule has 0 saturated heterocycles. The predicted octanol–water partition coefficient (Wildman–Crippen LogP) is 6.50. The van der Waals surface area contributed by atoms with Crippen molar-refractivity contribution < 1.29 is 23.8 Å². The number of ether oxygens (including phenoxy) is 3. The third-order valence-electron chi connectivity index (χ3n) is 7.32. The Bertz CT molecular complexity index is 1580. The maximum Gasteiger partial charge on any atom is 0.308 e. The molecule has 1 N–H and O–H groups in total. The Morgan fingerprint density at radius 2 is 1.77 bits per heavy atom. The molecule has 200 valence electrons. The van der Waals surface area contributed by atoms with Crippen LogP contribution in [0.1, 0.15) is 52.9 Å². The predicted molar refractivity (Wildman–Crippen MR) is 151 cm³/mol. The van der Waals surface area contributed by atoms with E-state index >= 15 is 0 Å². The van der Waals surface area contributed by atoms with Crippen molar-refractivity contribution in [1.29, 1.82) is 0 Å². The molecule has 0 bridgehead atoms. The van der Waals surface area contributed by atoms with Gasteiger partial charge in [-0.05, 0) is 93.6 Å². The van der Waals surface area contributed by atoms with E-state index in [0.717, 1.165) is 51.7 Å². The molecule has 0 aliphatic carbocycles. The van der Waals surface area contributed by atoms with Crippen LogP contribution in [0.5, 0.6) is 17.2 Å². The number of pyridine rings is 1. The normalized spacial score (nSPS) is 16.2. The van der Waals surface area contributed by atoms with Crippen molar-refractivity contribution in [2.75, 3.05) is 11.9 Å². The van der Waals surface area contributed by atoms with Gasteiger partial charge in [0.1, 0.15) is 29.5 Å². The minimum absolute atomic E-state index is 0.221. The van der Waals surface area contributed by atoms with Crippen LogP contribution in [-0.2, 0) is 11.2 Å². The summed E-state index contributed by atoms with van der Waals surface area (Å²) >= 11 is 0. The number of fused-ring (bicyclic) bond motifs is 2. The Labute approximate surface area is 228 Å². The van der Waals surface area contributed by atoms with Crippen LogP contribution in [0.4, 0.5) is 5.69 Å². The SMILES string of the molecule is CC(=O)Oc1c(C)c(C)c2c(c1C)CCC(C)(COc1ccc(NC(=O)c3cnc4ccccc4c3)cc1)O2. The van der Waals surface area contributed by atoms with Gasteiger partial charge in [-0.2, -0.15) is 0 Å². The summed E-state index contributed by atoms with van der Waals surface area (Å²) in [7, 11) is 0. The van der Waals surface area contributed by atoms with E-state index in [1.54, 1.807) is 6.20 Å². The molecule has 1 atom stereocenters. The van der Waals surface area contributed by atoms with Gasteiger partial charge in [-0.1, -0.05) is 18.2 Å². The van der Waals surface area contributed by atoms with Crippen LogP contribution in [0.3, 0.4) is 0 Å². The Morgan fingerprint density at radius 1 is 1.03 bits per heavy atom. The van der Waals surface area contributed by atoms with E-state index in [0.29, 0.717) is 29.4 Å². The van der Waals surface area contributed by atoms with E-state index in [1.807, 2.05) is 82.3 Å². The highest BCUT2D eigenvalue weighted by atomic mass is 16.5. The van der Waals surface area contributed by atoms with E-state index in [4.69, 9.17) is 14.2 Å². The lowest BCUT2D eigenvalue weighted by molar-refractivity contribution is -0.132. The van der Waals surface area contributed by atoms with Crippen LogP contribution >= 0.6 is 0 Å². The molecule has 1 unspecified atom stereocenters. The first-order valence-electron chi connectivity index (χ1n) is 13.0. The summed E-state index contributed by atoms with van der Waals surface area (Å²) in [5.41, 5.74) is 5.40. The molecule has 4 aromatic rings. The second-order valence-electron chi connectivity index (χ2n) is 10.3. The summed E-state index contributed by atoms with van der Waals surface area (Å²) < 4.78 is 18.1. The minimum atomic E-state index is -0.518. The largest absolute Gasteiger partial charge is 0.489 e. The van der Waals surface area contributed by atoms with Crippen LogP contribution in [0.15, 0.2) is 60.8 Å². The van der Waals surface area contributed by atoms with Gasteiger partial charge in [0.2, 0.25) is 0 Å². The Kier molecular flexibility index (Phi) is 7.00. The van der Waals surface area contributed by atoms with E-state index in [1.165, 1.54) is 6.92 Å². The van der Waals surface area contributed by atoms with Gasteiger partial charge >= 0.3 is 5.97 Å². The second-order valence-corrected chi connectivity index (χ2v) is 10.3. The van der Waals surface area contributed by atoms with Crippen LogP contribution in [0, 0.1) is 20.8 Å². The number of hydrogen-bond donors (Lipinski definition) is 1. The highest BCUT2D eigenvalue weighted by molar-refractivity contribution is 6.05. The number of nitrogens with one attached hydrogen (secondary N) is 1. The first-order chi connectivity index (χ1) is 18.6. The first-order valence-corrected chi connectivity index (χ1v) is 13.0. The van der Waals surface area contributed by atoms with Gasteiger partial charge < -0.3 is 19.5 Å². The summed E-state index contributed by atoms with van der Waals surface area (Å²) in [5.74, 6) is 1.62. The molecule has 1 aromatic heterocycles. The molecule has 0 radical (unpaired) electrons. The fourth-order valence-corrected chi connectivity index (χ4v) is 4.95. The number of para-hydroxylation sites is 1. The first kappa shape index (κ1) is 26.2. The molecular formula is C32H32N2O5. The molecular weight excluding hydrogens is 492 g/mol. The van der Waals surface area contributed by atoms with Crippen molar-refractivity contribution in [3.63, 3.8) is 0 Å². The quantitative estimate of drug-likeness (QED) is 0.229. The van der Waals surface area contributed by atoms with Crippen LogP contribution < -0.4 is 19.5 Å². The van der Waals surface area contributed by atoms with Gasteiger partial charge in [-0.25, -0.2) is 0 Å². The molecule has 3 aromatic carbocycles. The van der Waals surface area contributed by atoms with Gasteiger partial charge in [0.05, 0.1) is 11.1 Å². The summed E-state index contributed by atoms with van der Waals surface area (Å²) in [6, 6.07) is 16.8.